The molecule has 0 radical (unpaired) electrons. The Bertz CT molecular complexity index is 11.6. The second kappa shape index (κ2) is 16.3. The topological polar surface area (TPSA) is 20.2 Å². The Morgan fingerprint density at radius 2 is 1.60 bits per heavy atom. The van der Waals surface area contributed by atoms with Gasteiger partial charge in [-0.3, -0.25) is 0 Å². The number of rotatable bonds is 0. The van der Waals surface area contributed by atoms with E-state index in [1.54, 1.807) is 6.66 Å². The Hall–Kier alpha value is 2.27. The van der Waals surface area contributed by atoms with Gasteiger partial charge in [-0.1, -0.05) is 0 Å². The summed E-state index contributed by atoms with van der Waals surface area (Å²) in [6.45, 7) is 1.71. The predicted molar refractivity (Wildman–Crippen MR) is 25.0 cm³/mol. The molecule has 0 saturated heterocycles. The summed E-state index contributed by atoms with van der Waals surface area (Å²) in [5.41, 5.74) is 0. The van der Waals surface area contributed by atoms with E-state index in [0.717, 1.165) is 0 Å². The Morgan fingerprint density at radius 3 is 1.60 bits per heavy atom. The van der Waals surface area contributed by atoms with Crippen molar-refractivity contribution in [3.63, 3.8) is 0 Å². The van der Waals surface area contributed by atoms with Gasteiger partial charge in [-0.2, -0.15) is 0 Å². The molecule has 0 aliphatic rings. The molecule has 0 aliphatic carbocycles. The minimum absolute atomic E-state index is 0. The first-order chi connectivity index (χ1) is 1.41. The van der Waals surface area contributed by atoms with Gasteiger partial charge >= 0.3 is 37.7 Å². The van der Waals surface area contributed by atoms with Crippen molar-refractivity contribution in [3.8, 4) is 0 Å². The van der Waals surface area contributed by atoms with Crippen LogP contribution in [0, 0.1) is 0 Å². The van der Waals surface area contributed by atoms with Crippen molar-refractivity contribution in [2.45, 2.75) is 0 Å². The third kappa shape index (κ3) is 22.2. The smallest absolute Gasteiger partial charge is 0 e. The fourth-order valence-electron chi connectivity index (χ4n) is 0. The molecule has 0 saturated carbocycles. The van der Waals surface area contributed by atoms with E-state index in [-0.39, 0.29) is 66.0 Å². The summed E-state index contributed by atoms with van der Waals surface area (Å²) in [5, 5.41) is 0. The SMILES string of the molecule is CPO.[CaH2].[Zn]. The molecule has 1 N–H and O–H groups in total. The molecule has 0 fully saturated rings. The molecule has 0 aliphatic heterocycles. The Labute approximate surface area is 76.5 Å². The number of hydrogen-bond donors (Lipinski definition) is 1. The molecular weight excluding hydrogens is 164 g/mol. The molecule has 4 heteroatoms. The fraction of sp³-hybridized carbons (Fsp3) is 1.00. The fourth-order valence-corrected chi connectivity index (χ4v) is 0. The molecule has 1 nitrogen and oxygen atoms in total. The van der Waals surface area contributed by atoms with Gasteiger partial charge in [-0.15, -0.1) is 0 Å². The maximum absolute atomic E-state index is 7.60. The van der Waals surface area contributed by atoms with Crippen LogP contribution in [0.25, 0.3) is 0 Å². The average molecular weight is 172 g/mol. The van der Waals surface area contributed by atoms with E-state index in [1.807, 2.05) is 0 Å². The van der Waals surface area contributed by atoms with E-state index < -0.39 is 0 Å². The van der Waals surface area contributed by atoms with Crippen molar-refractivity contribution < 1.29 is 24.4 Å². The maximum atomic E-state index is 7.60. The standard InChI is InChI=1S/CH5OP.Ca.Zn.2H/c1-3-2;;;;/h2-3H,1H3;;;;. The van der Waals surface area contributed by atoms with Crippen LogP contribution in [0.15, 0.2) is 0 Å². The molecule has 0 heterocycles. The normalized spacial score (nSPS) is 6.00. The third-order valence-corrected chi connectivity index (χ3v) is 0. The summed E-state index contributed by atoms with van der Waals surface area (Å²) in [7, 11) is 0.0833. The predicted octanol–water partition coefficient (Wildman–Crippen LogP) is -0.717. The molecular formula is CH7CaOPZn. The van der Waals surface area contributed by atoms with Gasteiger partial charge in [0.05, 0.1) is 0 Å². The van der Waals surface area contributed by atoms with Gasteiger partial charge in [-0.05, 0) is 6.66 Å². The van der Waals surface area contributed by atoms with Crippen molar-refractivity contribution in [2.75, 3.05) is 6.66 Å². The summed E-state index contributed by atoms with van der Waals surface area (Å²) in [4.78, 5) is 7.60. The monoisotopic (exact) mass is 170 g/mol. The summed E-state index contributed by atoms with van der Waals surface area (Å²) in [5.74, 6) is 0. The Balaban J connectivity index is -0.0000000200. The Morgan fingerprint density at radius 1 is 1.60 bits per heavy atom. The molecule has 0 aromatic rings. The summed E-state index contributed by atoms with van der Waals surface area (Å²) in [6, 6.07) is 0. The molecule has 26 valence electrons. The molecule has 0 bridgehead atoms. The van der Waals surface area contributed by atoms with Crippen molar-refractivity contribution >= 4 is 46.5 Å². The van der Waals surface area contributed by atoms with E-state index in [1.165, 1.54) is 0 Å². The average Bonchev–Trinajstić information content (AvgIpc) is 0.918. The van der Waals surface area contributed by atoms with Gasteiger partial charge in [0, 0.05) is 28.3 Å². The first-order valence-corrected chi connectivity index (χ1v) is 2.17. The molecule has 0 aromatic carbocycles. The second-order valence-corrected chi connectivity index (χ2v) is 0.671. The molecule has 1 unspecified atom stereocenters. The zero-order valence-electron chi connectivity index (χ0n) is 2.65. The molecule has 0 amide bonds. The van der Waals surface area contributed by atoms with Crippen molar-refractivity contribution in [1.82, 2.24) is 0 Å². The largest absolute Gasteiger partial charge is 0 e. The maximum Gasteiger partial charge on any atom is 0 e. The van der Waals surface area contributed by atoms with E-state index in [4.69, 9.17) is 4.89 Å². The van der Waals surface area contributed by atoms with Crippen LogP contribution in [-0.4, -0.2) is 49.3 Å². The van der Waals surface area contributed by atoms with Crippen LogP contribution in [-0.2, 0) is 19.5 Å². The van der Waals surface area contributed by atoms with Crippen LogP contribution < -0.4 is 0 Å². The van der Waals surface area contributed by atoms with Gasteiger partial charge in [0.15, 0.2) is 0 Å². The molecule has 5 heavy (non-hydrogen) atoms. The Kier molecular flexibility index (Phi) is 51.0. The summed E-state index contributed by atoms with van der Waals surface area (Å²) >= 11 is 0. The van der Waals surface area contributed by atoms with Crippen LogP contribution in [0.1, 0.15) is 0 Å². The second-order valence-electron chi connectivity index (χ2n) is 0.224. The zero-order valence-corrected chi connectivity index (χ0v) is 6.62. The van der Waals surface area contributed by atoms with Gasteiger partial charge in [0.1, 0.15) is 0 Å². The summed E-state index contributed by atoms with van der Waals surface area (Å²) < 4.78 is 0. The first-order valence-electron chi connectivity index (χ1n) is 0.724. The van der Waals surface area contributed by atoms with Crippen molar-refractivity contribution in [3.05, 3.63) is 0 Å². The van der Waals surface area contributed by atoms with Crippen LogP contribution in [0.3, 0.4) is 0 Å². The van der Waals surface area contributed by atoms with Gasteiger partial charge in [-0.25, -0.2) is 0 Å². The molecule has 0 spiro atoms. The third-order valence-electron chi connectivity index (χ3n) is 0. The summed E-state index contributed by atoms with van der Waals surface area (Å²) in [6.07, 6.45) is 0. The molecule has 0 rings (SSSR count). The van der Waals surface area contributed by atoms with Crippen LogP contribution in [0.2, 0.25) is 0 Å². The van der Waals surface area contributed by atoms with Crippen LogP contribution >= 0.6 is 8.81 Å². The van der Waals surface area contributed by atoms with Crippen molar-refractivity contribution in [1.29, 1.82) is 0 Å². The van der Waals surface area contributed by atoms with Gasteiger partial charge in [0.25, 0.3) is 0 Å². The van der Waals surface area contributed by atoms with E-state index >= 15 is 0 Å². The molecule has 1 atom stereocenters. The van der Waals surface area contributed by atoms with Gasteiger partial charge in [0.2, 0.25) is 0 Å². The van der Waals surface area contributed by atoms with E-state index in [9.17, 15) is 0 Å². The first kappa shape index (κ1) is 15.7. The molecule has 0 aromatic heterocycles. The van der Waals surface area contributed by atoms with Gasteiger partial charge < -0.3 is 4.89 Å². The van der Waals surface area contributed by atoms with Crippen LogP contribution in [0.4, 0.5) is 0 Å². The quantitative estimate of drug-likeness (QED) is 0.377. The number of hydrogen-bond acceptors (Lipinski definition) is 1. The van der Waals surface area contributed by atoms with E-state index in [0.29, 0.717) is 0 Å². The van der Waals surface area contributed by atoms with Crippen LogP contribution in [0.5, 0.6) is 0 Å². The van der Waals surface area contributed by atoms with E-state index in [2.05, 4.69) is 0 Å². The minimum Gasteiger partial charge on any atom is 0 e. The minimum atomic E-state index is 0. The zero-order chi connectivity index (χ0) is 2.71. The van der Waals surface area contributed by atoms with Crippen molar-refractivity contribution in [2.24, 2.45) is 0 Å².